The number of hydrogen-bond donors (Lipinski definition) is 4. The lowest BCUT2D eigenvalue weighted by atomic mass is 9.80. The molecular formula is C11H16F2N3O4+. The third-order valence-corrected chi connectivity index (χ3v) is 3.72. The van der Waals surface area contributed by atoms with E-state index < -0.39 is 42.6 Å². The van der Waals surface area contributed by atoms with Crippen molar-refractivity contribution in [2.24, 2.45) is 5.41 Å². The van der Waals surface area contributed by atoms with E-state index in [-0.39, 0.29) is 5.82 Å². The molecule has 1 aliphatic rings. The van der Waals surface area contributed by atoms with Crippen molar-refractivity contribution in [2.45, 2.75) is 25.2 Å². The molecule has 2 heterocycles. The van der Waals surface area contributed by atoms with Crippen molar-refractivity contribution in [2.75, 3.05) is 18.9 Å². The van der Waals surface area contributed by atoms with E-state index >= 15 is 0 Å². The van der Waals surface area contributed by atoms with Gasteiger partial charge in [0.15, 0.2) is 5.82 Å². The molecule has 1 fully saturated rings. The van der Waals surface area contributed by atoms with Crippen LogP contribution in [0.5, 0.6) is 0 Å². The number of alkyl halides is 2. The van der Waals surface area contributed by atoms with Gasteiger partial charge in [0, 0.05) is 6.07 Å². The highest BCUT2D eigenvalue weighted by molar-refractivity contribution is 5.21. The van der Waals surface area contributed by atoms with Crippen LogP contribution in [-0.2, 0) is 4.74 Å². The number of nitrogen functional groups attached to an aromatic ring is 1. The SMILES string of the molecule is C[C@@]1(CO)[C@@H](CO)O[C@H]([n+]2ccc(N)[nH]c2=O)C1(F)F. The van der Waals surface area contributed by atoms with Gasteiger partial charge in [0.2, 0.25) is 0 Å². The van der Waals surface area contributed by atoms with Gasteiger partial charge in [-0.3, -0.25) is 0 Å². The number of ether oxygens (including phenoxy) is 1. The number of halogens is 2. The third kappa shape index (κ3) is 1.89. The Balaban J connectivity index is 2.51. The second-order valence-electron chi connectivity index (χ2n) is 4.97. The first-order valence-electron chi connectivity index (χ1n) is 5.93. The molecule has 0 bridgehead atoms. The second kappa shape index (κ2) is 4.76. The van der Waals surface area contributed by atoms with Crippen molar-refractivity contribution >= 4 is 5.82 Å². The van der Waals surface area contributed by atoms with Gasteiger partial charge < -0.3 is 20.7 Å². The maximum atomic E-state index is 14.5. The first-order valence-corrected chi connectivity index (χ1v) is 5.93. The highest BCUT2D eigenvalue weighted by Crippen LogP contribution is 2.52. The van der Waals surface area contributed by atoms with Gasteiger partial charge in [-0.25, -0.2) is 0 Å². The summed E-state index contributed by atoms with van der Waals surface area (Å²) in [5.74, 6) is -3.53. The quantitative estimate of drug-likeness (QED) is 0.521. The summed E-state index contributed by atoms with van der Waals surface area (Å²) in [5.41, 5.74) is 2.49. The minimum atomic E-state index is -3.55. The molecule has 0 amide bonds. The summed E-state index contributed by atoms with van der Waals surface area (Å²) in [7, 11) is 0. The minimum absolute atomic E-state index is 0.0243. The lowest BCUT2D eigenvalue weighted by Crippen LogP contribution is -2.61. The lowest BCUT2D eigenvalue weighted by Gasteiger charge is -2.31. The molecule has 0 spiro atoms. The highest BCUT2D eigenvalue weighted by Gasteiger charge is 2.69. The average Bonchev–Trinajstić information content (AvgIpc) is 2.59. The molecule has 1 aromatic rings. The summed E-state index contributed by atoms with van der Waals surface area (Å²) < 4.78 is 34.7. The zero-order valence-corrected chi connectivity index (χ0v) is 10.7. The van der Waals surface area contributed by atoms with E-state index in [0.29, 0.717) is 4.57 Å². The second-order valence-corrected chi connectivity index (χ2v) is 4.97. The van der Waals surface area contributed by atoms with E-state index in [1.165, 1.54) is 6.07 Å². The number of H-pyrrole nitrogens is 1. The fraction of sp³-hybridized carbons (Fsp3) is 0.636. The predicted molar refractivity (Wildman–Crippen MR) is 62.8 cm³/mol. The largest absolute Gasteiger partial charge is 0.499 e. The Morgan fingerprint density at radius 1 is 1.55 bits per heavy atom. The van der Waals surface area contributed by atoms with E-state index in [4.69, 9.17) is 15.6 Å². The zero-order valence-electron chi connectivity index (χ0n) is 10.7. The molecule has 7 nitrogen and oxygen atoms in total. The average molecular weight is 292 g/mol. The number of rotatable bonds is 3. The lowest BCUT2D eigenvalue weighted by molar-refractivity contribution is -0.789. The number of aromatic amines is 1. The van der Waals surface area contributed by atoms with Crippen LogP contribution in [0, 0.1) is 5.41 Å². The van der Waals surface area contributed by atoms with E-state index in [1.807, 2.05) is 0 Å². The van der Waals surface area contributed by atoms with Gasteiger partial charge in [0.25, 0.3) is 6.23 Å². The Labute approximate surface area is 112 Å². The standard InChI is InChI=1S/C11H15F2N3O4/c1-10(5-18)6(4-17)20-8(11(10,12)13)16-3-2-7(14)15-9(16)19/h2-3,6,8,17-18H,4-5H2,1H3,(H2,14,15,19)/p+1/t6-,8+,10-/m1/s1. The summed E-state index contributed by atoms with van der Waals surface area (Å²) in [4.78, 5) is 13.9. The third-order valence-electron chi connectivity index (χ3n) is 3.72. The summed E-state index contributed by atoms with van der Waals surface area (Å²) in [5, 5.41) is 18.4. The number of anilines is 1. The van der Waals surface area contributed by atoms with Gasteiger partial charge in [-0.1, -0.05) is 0 Å². The summed E-state index contributed by atoms with van der Waals surface area (Å²) in [6, 6.07) is 1.24. The fourth-order valence-electron chi connectivity index (χ4n) is 2.22. The van der Waals surface area contributed by atoms with Crippen LogP contribution < -0.4 is 16.0 Å². The van der Waals surface area contributed by atoms with Gasteiger partial charge in [0.1, 0.15) is 6.20 Å². The highest BCUT2D eigenvalue weighted by atomic mass is 19.3. The maximum Gasteiger partial charge on any atom is 0.499 e. The monoisotopic (exact) mass is 292 g/mol. The molecule has 5 N–H and O–H groups in total. The van der Waals surface area contributed by atoms with Crippen molar-refractivity contribution in [3.63, 3.8) is 0 Å². The van der Waals surface area contributed by atoms with Crippen molar-refractivity contribution < 1.29 is 28.3 Å². The minimum Gasteiger partial charge on any atom is -0.395 e. The van der Waals surface area contributed by atoms with Crippen LogP contribution in [0.2, 0.25) is 0 Å². The Morgan fingerprint density at radius 3 is 2.65 bits per heavy atom. The molecule has 0 unspecified atom stereocenters. The van der Waals surface area contributed by atoms with Crippen LogP contribution in [0.15, 0.2) is 17.1 Å². The summed E-state index contributed by atoms with van der Waals surface area (Å²) in [6.07, 6.45) is -2.15. The van der Waals surface area contributed by atoms with Crippen molar-refractivity contribution in [1.29, 1.82) is 0 Å². The van der Waals surface area contributed by atoms with Crippen molar-refractivity contribution in [1.82, 2.24) is 4.98 Å². The number of nitrogens with two attached hydrogens (primary N) is 1. The van der Waals surface area contributed by atoms with Gasteiger partial charge in [-0.05, 0) is 6.92 Å². The zero-order chi connectivity index (χ0) is 15.1. The molecule has 0 radical (unpaired) electrons. The number of hydrogen-bond acceptors (Lipinski definition) is 5. The molecule has 0 saturated carbocycles. The van der Waals surface area contributed by atoms with Crippen molar-refractivity contribution in [3.8, 4) is 0 Å². The number of aromatic nitrogens is 2. The number of aliphatic hydroxyl groups is 2. The van der Waals surface area contributed by atoms with Crippen LogP contribution in [0.25, 0.3) is 0 Å². The van der Waals surface area contributed by atoms with Crippen LogP contribution >= 0.6 is 0 Å². The molecule has 2 rings (SSSR count). The molecule has 1 aliphatic heterocycles. The molecule has 112 valence electrons. The van der Waals surface area contributed by atoms with Gasteiger partial charge >= 0.3 is 11.6 Å². The first kappa shape index (κ1) is 14.8. The van der Waals surface area contributed by atoms with E-state index in [2.05, 4.69) is 4.98 Å². The maximum absolute atomic E-state index is 14.5. The van der Waals surface area contributed by atoms with Crippen LogP contribution in [0.3, 0.4) is 0 Å². The van der Waals surface area contributed by atoms with Gasteiger partial charge in [-0.2, -0.15) is 23.1 Å². The van der Waals surface area contributed by atoms with Crippen LogP contribution in [0.1, 0.15) is 13.2 Å². The molecule has 1 aromatic heterocycles. The van der Waals surface area contributed by atoms with Gasteiger partial charge in [-0.15, -0.1) is 0 Å². The molecule has 3 atom stereocenters. The normalized spacial score (nSPS) is 32.5. The fourth-order valence-corrected chi connectivity index (χ4v) is 2.22. The molecule has 0 aliphatic carbocycles. The molecule has 9 heteroatoms. The molecule has 20 heavy (non-hydrogen) atoms. The van der Waals surface area contributed by atoms with E-state index in [0.717, 1.165) is 13.1 Å². The molecule has 1 saturated heterocycles. The van der Waals surface area contributed by atoms with Gasteiger partial charge in [0.05, 0.1) is 24.7 Å². The number of nitrogens with one attached hydrogen (secondary N) is 1. The Morgan fingerprint density at radius 2 is 2.20 bits per heavy atom. The topological polar surface area (TPSA) is 112 Å². The van der Waals surface area contributed by atoms with Crippen LogP contribution in [-0.4, -0.2) is 40.4 Å². The van der Waals surface area contributed by atoms with Crippen LogP contribution in [0.4, 0.5) is 14.6 Å². The van der Waals surface area contributed by atoms with E-state index in [9.17, 15) is 18.7 Å². The Hall–Kier alpha value is -1.58. The smallest absolute Gasteiger partial charge is 0.395 e. The number of nitrogens with zero attached hydrogens (tertiary/aromatic N) is 1. The Bertz CT molecular complexity index is 565. The number of aliphatic hydroxyl groups excluding tert-OH is 2. The predicted octanol–water partition coefficient (Wildman–Crippen LogP) is -1.23. The van der Waals surface area contributed by atoms with E-state index in [1.54, 1.807) is 0 Å². The summed E-state index contributed by atoms with van der Waals surface area (Å²) in [6.45, 7) is -0.494. The molecular weight excluding hydrogens is 276 g/mol. The molecule has 0 aromatic carbocycles. The Kier molecular flexibility index (Phi) is 3.53. The summed E-state index contributed by atoms with van der Waals surface area (Å²) >= 11 is 0. The van der Waals surface area contributed by atoms with Crippen molar-refractivity contribution in [3.05, 3.63) is 22.7 Å². The first-order chi connectivity index (χ1) is 9.27.